The number of pyridine rings is 1. The fraction of sp³-hybridized carbons (Fsp3) is 0.400. The molecule has 1 aromatic heterocycles. The molecule has 1 aliphatic rings. The quantitative estimate of drug-likeness (QED) is 0.874. The van der Waals surface area contributed by atoms with Crippen LogP contribution in [0.4, 0.5) is 5.69 Å². The van der Waals surface area contributed by atoms with Crippen LogP contribution in [0.2, 0.25) is 0 Å². The average molecular weight is 241 g/mol. The number of para-hydroxylation sites is 1. The monoisotopic (exact) mass is 241 g/mol. The van der Waals surface area contributed by atoms with Crippen LogP contribution >= 0.6 is 0 Å². The highest BCUT2D eigenvalue weighted by Gasteiger charge is 2.22. The van der Waals surface area contributed by atoms with Crippen LogP contribution in [0, 0.1) is 6.92 Å². The van der Waals surface area contributed by atoms with E-state index in [-0.39, 0.29) is 0 Å². The normalized spacial score (nSPS) is 19.7. The molecule has 2 aromatic rings. The van der Waals surface area contributed by atoms with Gasteiger partial charge in [-0.2, -0.15) is 0 Å². The molecular formula is C15H19N3. The van der Waals surface area contributed by atoms with Gasteiger partial charge in [-0.1, -0.05) is 18.2 Å². The molecule has 0 bridgehead atoms. The van der Waals surface area contributed by atoms with Gasteiger partial charge < -0.3 is 10.2 Å². The summed E-state index contributed by atoms with van der Waals surface area (Å²) < 4.78 is 0. The highest BCUT2D eigenvalue weighted by molar-refractivity contribution is 5.92. The Morgan fingerprint density at radius 3 is 2.94 bits per heavy atom. The highest BCUT2D eigenvalue weighted by Crippen LogP contribution is 2.29. The van der Waals surface area contributed by atoms with Crippen molar-refractivity contribution in [1.82, 2.24) is 10.3 Å². The van der Waals surface area contributed by atoms with Gasteiger partial charge in [-0.05, 0) is 32.5 Å². The predicted octanol–water partition coefficient (Wildman–Crippen LogP) is 2.34. The van der Waals surface area contributed by atoms with Crippen molar-refractivity contribution in [2.24, 2.45) is 0 Å². The largest absolute Gasteiger partial charge is 0.369 e. The molecule has 1 unspecified atom stereocenters. The van der Waals surface area contributed by atoms with Crippen molar-refractivity contribution >= 4 is 16.6 Å². The van der Waals surface area contributed by atoms with Gasteiger partial charge in [0.2, 0.25) is 0 Å². The Hall–Kier alpha value is -1.61. The fourth-order valence-corrected chi connectivity index (χ4v) is 2.76. The van der Waals surface area contributed by atoms with E-state index < -0.39 is 0 Å². The molecule has 2 heterocycles. The summed E-state index contributed by atoms with van der Waals surface area (Å²) in [6, 6.07) is 11.2. The predicted molar refractivity (Wildman–Crippen MR) is 76.2 cm³/mol. The first kappa shape index (κ1) is 11.5. The lowest BCUT2D eigenvalue weighted by molar-refractivity contribution is 0.617. The van der Waals surface area contributed by atoms with E-state index in [4.69, 9.17) is 0 Å². The molecule has 3 heteroatoms. The molecule has 0 spiro atoms. The Morgan fingerprint density at radius 2 is 2.17 bits per heavy atom. The number of benzene rings is 1. The second-order valence-corrected chi connectivity index (χ2v) is 5.02. The van der Waals surface area contributed by atoms with Crippen LogP contribution < -0.4 is 10.2 Å². The SMILES string of the molecule is CNC1CCN(c2cc(C)nc3ccccc23)C1. The van der Waals surface area contributed by atoms with Crippen LogP contribution in [0.5, 0.6) is 0 Å². The zero-order valence-electron chi connectivity index (χ0n) is 11.0. The van der Waals surface area contributed by atoms with Crippen molar-refractivity contribution in [1.29, 1.82) is 0 Å². The van der Waals surface area contributed by atoms with Crippen LogP contribution in [0.25, 0.3) is 10.9 Å². The summed E-state index contributed by atoms with van der Waals surface area (Å²) in [5.41, 5.74) is 3.52. The molecule has 3 nitrogen and oxygen atoms in total. The third-order valence-corrected chi connectivity index (χ3v) is 3.76. The number of nitrogens with zero attached hydrogens (tertiary/aromatic N) is 2. The second-order valence-electron chi connectivity index (χ2n) is 5.02. The van der Waals surface area contributed by atoms with Gasteiger partial charge in [-0.3, -0.25) is 4.98 Å². The van der Waals surface area contributed by atoms with Crippen molar-refractivity contribution in [2.45, 2.75) is 19.4 Å². The molecule has 1 N–H and O–H groups in total. The molecule has 1 atom stereocenters. The molecule has 0 radical (unpaired) electrons. The maximum Gasteiger partial charge on any atom is 0.0726 e. The lowest BCUT2D eigenvalue weighted by Gasteiger charge is -2.21. The van der Waals surface area contributed by atoms with Crippen molar-refractivity contribution in [2.75, 3.05) is 25.0 Å². The summed E-state index contributed by atoms with van der Waals surface area (Å²) in [6.07, 6.45) is 1.21. The number of nitrogens with one attached hydrogen (secondary N) is 1. The van der Waals surface area contributed by atoms with Gasteiger partial charge in [-0.25, -0.2) is 0 Å². The maximum absolute atomic E-state index is 4.60. The maximum atomic E-state index is 4.60. The molecule has 0 aliphatic carbocycles. The van der Waals surface area contributed by atoms with E-state index in [9.17, 15) is 0 Å². The smallest absolute Gasteiger partial charge is 0.0726 e. The van der Waals surface area contributed by atoms with Gasteiger partial charge >= 0.3 is 0 Å². The first-order valence-corrected chi connectivity index (χ1v) is 6.56. The van der Waals surface area contributed by atoms with Crippen molar-refractivity contribution in [3.05, 3.63) is 36.0 Å². The third kappa shape index (κ3) is 1.95. The zero-order valence-corrected chi connectivity index (χ0v) is 11.0. The van der Waals surface area contributed by atoms with Gasteiger partial charge in [-0.15, -0.1) is 0 Å². The number of hydrogen-bond donors (Lipinski definition) is 1. The van der Waals surface area contributed by atoms with E-state index in [0.29, 0.717) is 6.04 Å². The number of aryl methyl sites for hydroxylation is 1. The Morgan fingerprint density at radius 1 is 1.33 bits per heavy atom. The lowest BCUT2D eigenvalue weighted by atomic mass is 10.1. The van der Waals surface area contributed by atoms with Crippen LogP contribution in [0.15, 0.2) is 30.3 Å². The Labute approximate surface area is 108 Å². The molecular weight excluding hydrogens is 222 g/mol. The molecule has 1 fully saturated rings. The molecule has 94 valence electrons. The standard InChI is InChI=1S/C15H19N3/c1-11-9-15(18-8-7-12(10-18)16-2)13-5-3-4-6-14(13)17-11/h3-6,9,12,16H,7-8,10H2,1-2H3. The summed E-state index contributed by atoms with van der Waals surface area (Å²) in [7, 11) is 2.05. The molecule has 3 rings (SSSR count). The van der Waals surface area contributed by atoms with Crippen molar-refractivity contribution in [3.63, 3.8) is 0 Å². The van der Waals surface area contributed by atoms with Gasteiger partial charge in [0.1, 0.15) is 0 Å². The van der Waals surface area contributed by atoms with E-state index in [1.54, 1.807) is 0 Å². The molecule has 1 aliphatic heterocycles. The lowest BCUT2D eigenvalue weighted by Crippen LogP contribution is -2.29. The van der Waals surface area contributed by atoms with E-state index in [2.05, 4.69) is 52.5 Å². The van der Waals surface area contributed by atoms with Gasteiger partial charge in [0, 0.05) is 35.9 Å². The molecule has 18 heavy (non-hydrogen) atoms. The van der Waals surface area contributed by atoms with Gasteiger partial charge in [0.05, 0.1) is 5.52 Å². The van der Waals surface area contributed by atoms with E-state index >= 15 is 0 Å². The Bertz CT molecular complexity index is 565. The number of aromatic nitrogens is 1. The van der Waals surface area contributed by atoms with Crippen LogP contribution in [-0.2, 0) is 0 Å². The van der Waals surface area contributed by atoms with E-state index in [1.165, 1.54) is 17.5 Å². The minimum atomic E-state index is 0.609. The molecule has 1 saturated heterocycles. The van der Waals surface area contributed by atoms with Gasteiger partial charge in [0.15, 0.2) is 0 Å². The number of likely N-dealkylation sites (N-methyl/N-ethyl adjacent to an activating group) is 1. The minimum Gasteiger partial charge on any atom is -0.369 e. The first-order chi connectivity index (χ1) is 8.78. The van der Waals surface area contributed by atoms with Gasteiger partial charge in [0.25, 0.3) is 0 Å². The van der Waals surface area contributed by atoms with Crippen molar-refractivity contribution < 1.29 is 0 Å². The minimum absolute atomic E-state index is 0.609. The average Bonchev–Trinajstić information content (AvgIpc) is 2.86. The number of hydrogen-bond acceptors (Lipinski definition) is 3. The topological polar surface area (TPSA) is 28.2 Å². The van der Waals surface area contributed by atoms with Crippen LogP contribution in [0.3, 0.4) is 0 Å². The van der Waals surface area contributed by atoms with Crippen molar-refractivity contribution in [3.8, 4) is 0 Å². The van der Waals surface area contributed by atoms with E-state index in [0.717, 1.165) is 24.3 Å². The first-order valence-electron chi connectivity index (χ1n) is 6.56. The Kier molecular flexibility index (Phi) is 2.92. The Balaban J connectivity index is 2.06. The summed E-state index contributed by atoms with van der Waals surface area (Å²) in [4.78, 5) is 7.08. The number of anilines is 1. The number of rotatable bonds is 2. The third-order valence-electron chi connectivity index (χ3n) is 3.76. The summed E-state index contributed by atoms with van der Waals surface area (Å²) in [5.74, 6) is 0. The molecule has 1 aromatic carbocycles. The van der Waals surface area contributed by atoms with Crippen LogP contribution in [0.1, 0.15) is 12.1 Å². The molecule has 0 saturated carbocycles. The molecule has 0 amide bonds. The summed E-state index contributed by atoms with van der Waals surface area (Å²) in [5, 5.41) is 4.63. The van der Waals surface area contributed by atoms with E-state index in [1.807, 2.05) is 7.05 Å². The number of fused-ring (bicyclic) bond motifs is 1. The second kappa shape index (κ2) is 4.58. The summed E-state index contributed by atoms with van der Waals surface area (Å²) in [6.45, 7) is 4.28. The fourth-order valence-electron chi connectivity index (χ4n) is 2.76. The summed E-state index contributed by atoms with van der Waals surface area (Å²) >= 11 is 0. The highest BCUT2D eigenvalue weighted by atomic mass is 15.2. The van der Waals surface area contributed by atoms with Crippen LogP contribution in [-0.4, -0.2) is 31.2 Å². The zero-order chi connectivity index (χ0) is 12.5.